The summed E-state index contributed by atoms with van der Waals surface area (Å²) in [5.74, 6) is 0.750. The van der Waals surface area contributed by atoms with Gasteiger partial charge < -0.3 is 10.1 Å². The maximum Gasteiger partial charge on any atom is 0.194 e. The van der Waals surface area contributed by atoms with Gasteiger partial charge in [-0.15, -0.1) is 0 Å². The minimum absolute atomic E-state index is 0.121. The van der Waals surface area contributed by atoms with Crippen LogP contribution in [0.2, 0.25) is 0 Å². The van der Waals surface area contributed by atoms with Crippen molar-refractivity contribution >= 4 is 11.5 Å². The average Bonchev–Trinajstić information content (AvgIpc) is 2.78. The molecule has 1 fully saturated rings. The van der Waals surface area contributed by atoms with Gasteiger partial charge in [-0.1, -0.05) is 12.1 Å². The fourth-order valence-electron chi connectivity index (χ4n) is 1.62. The highest BCUT2D eigenvalue weighted by Gasteiger charge is 2.14. The van der Waals surface area contributed by atoms with Crippen LogP contribution in [0, 0.1) is 22.7 Å². The van der Waals surface area contributed by atoms with Gasteiger partial charge in [0, 0.05) is 10.4 Å². The summed E-state index contributed by atoms with van der Waals surface area (Å²) in [6.07, 6.45) is 0. The predicted octanol–water partition coefficient (Wildman–Crippen LogP) is -0.0415. The monoisotopic (exact) mass is 225 g/mol. The number of nitriles is 2. The van der Waals surface area contributed by atoms with Gasteiger partial charge in [0.2, 0.25) is 0 Å². The van der Waals surface area contributed by atoms with Crippen molar-refractivity contribution in [3.05, 3.63) is 34.7 Å². The first-order chi connectivity index (χ1) is 8.24. The molecule has 2 rings (SSSR count). The van der Waals surface area contributed by atoms with Gasteiger partial charge in [-0.2, -0.15) is 10.5 Å². The van der Waals surface area contributed by atoms with E-state index in [1.54, 1.807) is 12.1 Å². The largest absolute Gasteiger partial charge is 0.477 e. The van der Waals surface area contributed by atoms with Gasteiger partial charge in [-0.25, -0.2) is 0 Å². The minimum atomic E-state index is 0.121. The van der Waals surface area contributed by atoms with E-state index in [9.17, 15) is 0 Å². The van der Waals surface area contributed by atoms with Crippen LogP contribution >= 0.6 is 0 Å². The van der Waals surface area contributed by atoms with Gasteiger partial charge in [0.1, 0.15) is 24.3 Å². The standard InChI is InChI=1S/C13H11N3O/c1-9-8-17-13(16-9)11-4-2-10(3-5-11)12(6-14)7-15/h2-5,9,16H,8H2,1H3/t9-/m1/s1. The molecule has 4 heteroatoms. The number of ether oxygens (including phenoxy) is 1. The van der Waals surface area contributed by atoms with Crippen LogP contribution in [0.5, 0.6) is 0 Å². The molecule has 1 aromatic carbocycles. The Balaban J connectivity index is 2.49. The van der Waals surface area contributed by atoms with Gasteiger partial charge in [-0.05, 0) is 19.1 Å². The van der Waals surface area contributed by atoms with Crippen LogP contribution in [0.3, 0.4) is 0 Å². The third-order valence-electron chi connectivity index (χ3n) is 2.51. The minimum Gasteiger partial charge on any atom is -0.477 e. The smallest absolute Gasteiger partial charge is 0.194 e. The maximum atomic E-state index is 8.74. The summed E-state index contributed by atoms with van der Waals surface area (Å²) >= 11 is 0. The zero-order valence-corrected chi connectivity index (χ0v) is 9.40. The molecule has 0 spiro atoms. The number of rotatable bonds is 0. The van der Waals surface area contributed by atoms with Crippen molar-refractivity contribution in [2.75, 3.05) is 6.61 Å². The molecule has 1 atom stereocenters. The molecule has 0 amide bonds. The van der Waals surface area contributed by atoms with Gasteiger partial charge in [-0.3, -0.25) is 0 Å². The van der Waals surface area contributed by atoms with Crippen LogP contribution in [0.1, 0.15) is 6.92 Å². The number of nitrogens with one attached hydrogen (secondary N) is 1. The van der Waals surface area contributed by atoms with Crippen molar-refractivity contribution in [1.29, 1.82) is 10.5 Å². The molecule has 0 bridgehead atoms. The quantitative estimate of drug-likeness (QED) is 0.672. The molecule has 1 saturated heterocycles. The molecule has 1 heterocycles. The van der Waals surface area contributed by atoms with Gasteiger partial charge >= 0.3 is 0 Å². The Morgan fingerprint density at radius 3 is 2.41 bits per heavy atom. The van der Waals surface area contributed by atoms with Crippen LogP contribution in [0.4, 0.5) is 0 Å². The van der Waals surface area contributed by atoms with Crippen molar-refractivity contribution in [2.24, 2.45) is 0 Å². The zero-order valence-electron chi connectivity index (χ0n) is 9.40. The van der Waals surface area contributed by atoms with Crippen molar-refractivity contribution in [2.45, 2.75) is 13.0 Å². The Hall–Kier alpha value is -2.46. The van der Waals surface area contributed by atoms with Crippen molar-refractivity contribution in [3.63, 3.8) is 0 Å². The van der Waals surface area contributed by atoms with Crippen LogP contribution < -0.4 is 15.8 Å². The molecule has 0 aromatic heterocycles. The number of nitrogens with zero attached hydrogens (tertiary/aromatic N) is 2. The maximum absolute atomic E-state index is 8.74. The van der Waals surface area contributed by atoms with Gasteiger partial charge in [0.05, 0.1) is 6.04 Å². The predicted molar refractivity (Wildman–Crippen MR) is 62.3 cm³/mol. The van der Waals surface area contributed by atoms with E-state index in [2.05, 4.69) is 5.32 Å². The highest BCUT2D eigenvalue weighted by atomic mass is 16.5. The first kappa shape index (κ1) is 11.0. The van der Waals surface area contributed by atoms with Crippen LogP contribution in [0.15, 0.2) is 24.3 Å². The molecule has 1 aliphatic rings. The Bertz CT molecular complexity index is 595. The molecule has 0 aliphatic carbocycles. The summed E-state index contributed by atoms with van der Waals surface area (Å²) in [6, 6.07) is 11.2. The highest BCUT2D eigenvalue weighted by Crippen LogP contribution is 2.04. The fraction of sp³-hybridized carbons (Fsp3) is 0.231. The van der Waals surface area contributed by atoms with E-state index in [1.165, 1.54) is 0 Å². The highest BCUT2D eigenvalue weighted by molar-refractivity contribution is 5.72. The number of hydrogen-bond acceptors (Lipinski definition) is 4. The molecule has 1 N–H and O–H groups in total. The Morgan fingerprint density at radius 2 is 1.94 bits per heavy atom. The number of hydrogen-bond donors (Lipinski definition) is 1. The molecule has 0 unspecified atom stereocenters. The van der Waals surface area contributed by atoms with Crippen LogP contribution in [-0.2, 0) is 4.74 Å². The lowest BCUT2D eigenvalue weighted by atomic mass is 10.2. The fourth-order valence-corrected chi connectivity index (χ4v) is 1.62. The third kappa shape index (κ3) is 2.21. The van der Waals surface area contributed by atoms with Crippen molar-refractivity contribution in [3.8, 4) is 12.1 Å². The lowest BCUT2D eigenvalue weighted by molar-refractivity contribution is 0.306. The molecule has 4 nitrogen and oxygen atoms in total. The van der Waals surface area contributed by atoms with E-state index in [0.29, 0.717) is 17.9 Å². The molecular weight excluding hydrogens is 214 g/mol. The van der Waals surface area contributed by atoms with E-state index in [0.717, 1.165) is 11.1 Å². The first-order valence-electron chi connectivity index (χ1n) is 5.29. The summed E-state index contributed by atoms with van der Waals surface area (Å²) in [6.45, 7) is 2.70. The summed E-state index contributed by atoms with van der Waals surface area (Å²) in [7, 11) is 0. The Kier molecular flexibility index (Phi) is 2.98. The molecule has 0 saturated carbocycles. The number of benzene rings is 1. The van der Waals surface area contributed by atoms with E-state index >= 15 is 0 Å². The molecule has 17 heavy (non-hydrogen) atoms. The second kappa shape index (κ2) is 4.59. The normalized spacial score (nSPS) is 17.6. The van der Waals surface area contributed by atoms with Crippen molar-refractivity contribution in [1.82, 2.24) is 5.32 Å². The zero-order chi connectivity index (χ0) is 12.3. The topological polar surface area (TPSA) is 68.8 Å². The second-order valence-corrected chi connectivity index (χ2v) is 3.86. The van der Waals surface area contributed by atoms with Crippen LogP contribution in [0.25, 0.3) is 11.5 Å². The molecular formula is C13H11N3O. The molecule has 0 radical (unpaired) electrons. The molecule has 84 valence electrons. The molecule has 1 aliphatic heterocycles. The Morgan fingerprint density at radius 1 is 1.29 bits per heavy atom. The summed E-state index contributed by atoms with van der Waals surface area (Å²) < 4.78 is 5.47. The van der Waals surface area contributed by atoms with E-state index in [-0.39, 0.29) is 5.57 Å². The van der Waals surface area contributed by atoms with Gasteiger partial charge in [0.25, 0.3) is 0 Å². The summed E-state index contributed by atoms with van der Waals surface area (Å²) in [5, 5.41) is 22.2. The second-order valence-electron chi connectivity index (χ2n) is 3.86. The van der Waals surface area contributed by atoms with Crippen molar-refractivity contribution < 1.29 is 4.74 Å². The van der Waals surface area contributed by atoms with E-state index < -0.39 is 0 Å². The summed E-state index contributed by atoms with van der Waals surface area (Å²) in [5.41, 5.74) is 0.121. The lowest BCUT2D eigenvalue weighted by Crippen LogP contribution is -2.22. The molecule has 1 aromatic rings. The van der Waals surface area contributed by atoms with Gasteiger partial charge in [0.15, 0.2) is 5.88 Å². The van der Waals surface area contributed by atoms with E-state index in [1.807, 2.05) is 31.2 Å². The third-order valence-corrected chi connectivity index (χ3v) is 2.51. The SMILES string of the molecule is C[C@@H]1COC(=c2ccc(=C(C#N)C#N)cc2)N1. The lowest BCUT2D eigenvalue weighted by Gasteiger charge is -1.98. The first-order valence-corrected chi connectivity index (χ1v) is 5.29. The van der Waals surface area contributed by atoms with Crippen LogP contribution in [-0.4, -0.2) is 12.6 Å². The average molecular weight is 225 g/mol. The summed E-state index contributed by atoms with van der Waals surface area (Å²) in [4.78, 5) is 0. The Labute approximate surface area is 99.0 Å². The van der Waals surface area contributed by atoms with E-state index in [4.69, 9.17) is 15.3 Å².